The van der Waals surface area contributed by atoms with Crippen LogP contribution in [0.2, 0.25) is 0 Å². The summed E-state index contributed by atoms with van der Waals surface area (Å²) in [6, 6.07) is 7.75. The lowest BCUT2D eigenvalue weighted by Crippen LogP contribution is -2.07. The zero-order valence-corrected chi connectivity index (χ0v) is 12.5. The monoisotopic (exact) mass is 268 g/mol. The minimum absolute atomic E-state index is 0.159. The van der Waals surface area contributed by atoms with Crippen molar-refractivity contribution in [1.29, 1.82) is 0 Å². The Morgan fingerprint density at radius 1 is 1.28 bits per heavy atom. The van der Waals surface area contributed by atoms with Gasteiger partial charge in [-0.3, -0.25) is 0 Å². The highest BCUT2D eigenvalue weighted by Crippen LogP contribution is 2.25. The molecular formula is C15H24O2S. The van der Waals surface area contributed by atoms with Crippen molar-refractivity contribution >= 4 is 11.8 Å². The topological polar surface area (TPSA) is 29.5 Å². The summed E-state index contributed by atoms with van der Waals surface area (Å²) in [5.74, 6) is 1.57. The van der Waals surface area contributed by atoms with Gasteiger partial charge in [-0.15, -0.1) is 0 Å². The summed E-state index contributed by atoms with van der Waals surface area (Å²) in [6.07, 6.45) is 0.875. The van der Waals surface area contributed by atoms with Crippen molar-refractivity contribution in [3.05, 3.63) is 29.8 Å². The van der Waals surface area contributed by atoms with Gasteiger partial charge in [0, 0.05) is 11.0 Å². The van der Waals surface area contributed by atoms with E-state index < -0.39 is 6.10 Å². The molecule has 0 fully saturated rings. The second-order valence-corrected chi connectivity index (χ2v) is 6.28. The van der Waals surface area contributed by atoms with Gasteiger partial charge in [0.15, 0.2) is 0 Å². The SMILES string of the molecule is CCC(C)SCC(O)c1cccc(OC(C)C)c1. The molecule has 1 N–H and O–H groups in total. The first-order chi connectivity index (χ1) is 8.52. The predicted octanol–water partition coefficient (Wildman–Crippen LogP) is 4.04. The number of benzene rings is 1. The first-order valence-corrected chi connectivity index (χ1v) is 7.64. The molecule has 102 valence electrons. The minimum atomic E-state index is -0.417. The Morgan fingerprint density at radius 3 is 2.61 bits per heavy atom. The van der Waals surface area contributed by atoms with Gasteiger partial charge in [-0.1, -0.05) is 26.0 Å². The van der Waals surface area contributed by atoms with Crippen LogP contribution in [0.15, 0.2) is 24.3 Å². The second-order valence-electron chi connectivity index (χ2n) is 4.81. The van der Waals surface area contributed by atoms with Crippen LogP contribution in [0.5, 0.6) is 5.75 Å². The van der Waals surface area contributed by atoms with Crippen LogP contribution in [0.1, 0.15) is 45.8 Å². The molecule has 0 saturated heterocycles. The van der Waals surface area contributed by atoms with Crippen LogP contribution < -0.4 is 4.74 Å². The first kappa shape index (κ1) is 15.4. The quantitative estimate of drug-likeness (QED) is 0.809. The van der Waals surface area contributed by atoms with Gasteiger partial charge in [-0.25, -0.2) is 0 Å². The maximum atomic E-state index is 10.1. The Bertz CT molecular complexity index is 352. The zero-order valence-electron chi connectivity index (χ0n) is 11.7. The highest BCUT2D eigenvalue weighted by atomic mass is 32.2. The molecule has 1 aromatic carbocycles. The van der Waals surface area contributed by atoms with E-state index >= 15 is 0 Å². The molecule has 2 atom stereocenters. The van der Waals surface area contributed by atoms with Gasteiger partial charge in [-0.05, 0) is 38.0 Å². The van der Waals surface area contributed by atoms with E-state index in [0.717, 1.165) is 23.5 Å². The van der Waals surface area contributed by atoms with E-state index in [-0.39, 0.29) is 6.10 Å². The largest absolute Gasteiger partial charge is 0.491 e. The summed E-state index contributed by atoms with van der Waals surface area (Å²) in [7, 11) is 0. The molecule has 0 aliphatic heterocycles. The van der Waals surface area contributed by atoms with Crippen LogP contribution in [-0.4, -0.2) is 22.2 Å². The summed E-state index contributed by atoms with van der Waals surface area (Å²) < 4.78 is 5.63. The van der Waals surface area contributed by atoms with Crippen molar-refractivity contribution < 1.29 is 9.84 Å². The Labute approximate surface area is 115 Å². The van der Waals surface area contributed by atoms with Crippen LogP contribution in [-0.2, 0) is 0 Å². The normalized spacial score (nSPS) is 14.6. The Kier molecular flexibility index (Phi) is 6.58. The Hall–Kier alpha value is -0.670. The van der Waals surface area contributed by atoms with Crippen LogP contribution in [0.3, 0.4) is 0 Å². The standard InChI is InChI=1S/C15H24O2S/c1-5-12(4)18-10-15(16)13-7-6-8-14(9-13)17-11(2)3/h6-9,11-12,15-16H,5,10H2,1-4H3. The highest BCUT2D eigenvalue weighted by Gasteiger charge is 2.11. The van der Waals surface area contributed by atoms with Gasteiger partial charge >= 0.3 is 0 Å². The van der Waals surface area contributed by atoms with E-state index in [1.54, 1.807) is 0 Å². The molecule has 2 nitrogen and oxygen atoms in total. The van der Waals surface area contributed by atoms with Crippen LogP contribution >= 0.6 is 11.8 Å². The number of rotatable bonds is 7. The third-order valence-corrected chi connectivity index (χ3v) is 4.14. The predicted molar refractivity (Wildman–Crippen MR) is 79.4 cm³/mol. The molecule has 2 unspecified atom stereocenters. The summed E-state index contributed by atoms with van der Waals surface area (Å²) in [5.41, 5.74) is 0.934. The van der Waals surface area contributed by atoms with Gasteiger partial charge in [0.1, 0.15) is 5.75 Å². The highest BCUT2D eigenvalue weighted by molar-refractivity contribution is 7.99. The van der Waals surface area contributed by atoms with Gasteiger partial charge < -0.3 is 9.84 Å². The Morgan fingerprint density at radius 2 is 2.00 bits per heavy atom. The van der Waals surface area contributed by atoms with Crippen molar-refractivity contribution in [1.82, 2.24) is 0 Å². The third-order valence-electron chi connectivity index (χ3n) is 2.73. The molecule has 3 heteroatoms. The molecule has 0 spiro atoms. The number of aliphatic hydroxyl groups excluding tert-OH is 1. The molecule has 0 amide bonds. The van der Waals surface area contributed by atoms with Crippen LogP contribution in [0.4, 0.5) is 0 Å². The van der Waals surface area contributed by atoms with Crippen LogP contribution in [0, 0.1) is 0 Å². The van der Waals surface area contributed by atoms with Crippen LogP contribution in [0.25, 0.3) is 0 Å². The molecule has 1 aromatic rings. The lowest BCUT2D eigenvalue weighted by molar-refractivity contribution is 0.201. The van der Waals surface area contributed by atoms with Gasteiger partial charge in [0.05, 0.1) is 12.2 Å². The number of hydrogen-bond donors (Lipinski definition) is 1. The first-order valence-electron chi connectivity index (χ1n) is 6.59. The number of aliphatic hydroxyl groups is 1. The number of hydrogen-bond acceptors (Lipinski definition) is 3. The van der Waals surface area contributed by atoms with Crippen molar-refractivity contribution in [3.63, 3.8) is 0 Å². The molecule has 1 rings (SSSR count). The fourth-order valence-electron chi connectivity index (χ4n) is 1.54. The fourth-order valence-corrected chi connectivity index (χ4v) is 2.48. The van der Waals surface area contributed by atoms with E-state index in [0.29, 0.717) is 5.25 Å². The number of thioether (sulfide) groups is 1. The van der Waals surface area contributed by atoms with E-state index in [1.807, 2.05) is 49.9 Å². The van der Waals surface area contributed by atoms with Crippen molar-refractivity contribution in [2.24, 2.45) is 0 Å². The Balaban J connectivity index is 2.59. The van der Waals surface area contributed by atoms with E-state index in [4.69, 9.17) is 4.74 Å². The maximum Gasteiger partial charge on any atom is 0.120 e. The van der Waals surface area contributed by atoms with Gasteiger partial charge in [-0.2, -0.15) is 11.8 Å². The summed E-state index contributed by atoms with van der Waals surface area (Å²) in [4.78, 5) is 0. The molecule has 0 bridgehead atoms. The van der Waals surface area contributed by atoms with Crippen molar-refractivity contribution in [3.8, 4) is 5.75 Å². The average Bonchev–Trinajstić information content (AvgIpc) is 2.35. The van der Waals surface area contributed by atoms with E-state index in [1.165, 1.54) is 0 Å². The maximum absolute atomic E-state index is 10.1. The van der Waals surface area contributed by atoms with Gasteiger partial charge in [0.2, 0.25) is 0 Å². The molecule has 0 heterocycles. The molecule has 0 radical (unpaired) electrons. The summed E-state index contributed by atoms with van der Waals surface area (Å²) in [5, 5.41) is 10.7. The van der Waals surface area contributed by atoms with Crippen molar-refractivity contribution in [2.75, 3.05) is 5.75 Å². The third kappa shape index (κ3) is 5.32. The fraction of sp³-hybridized carbons (Fsp3) is 0.600. The molecule has 0 saturated carbocycles. The lowest BCUT2D eigenvalue weighted by Gasteiger charge is -2.16. The summed E-state index contributed by atoms with van der Waals surface area (Å²) >= 11 is 1.81. The lowest BCUT2D eigenvalue weighted by atomic mass is 10.1. The van der Waals surface area contributed by atoms with E-state index in [2.05, 4.69) is 13.8 Å². The summed E-state index contributed by atoms with van der Waals surface area (Å²) in [6.45, 7) is 8.36. The second kappa shape index (κ2) is 7.70. The smallest absolute Gasteiger partial charge is 0.120 e. The van der Waals surface area contributed by atoms with E-state index in [9.17, 15) is 5.11 Å². The minimum Gasteiger partial charge on any atom is -0.491 e. The van der Waals surface area contributed by atoms with Crippen molar-refractivity contribution in [2.45, 2.75) is 51.6 Å². The molecule has 0 aromatic heterocycles. The van der Waals surface area contributed by atoms with Gasteiger partial charge in [0.25, 0.3) is 0 Å². The zero-order chi connectivity index (χ0) is 13.5. The molecular weight excluding hydrogens is 244 g/mol. The average molecular weight is 268 g/mol. The molecule has 0 aliphatic rings. The molecule has 18 heavy (non-hydrogen) atoms. The molecule has 0 aliphatic carbocycles. The number of ether oxygens (including phenoxy) is 1.